The van der Waals surface area contributed by atoms with Crippen LogP contribution in [0.1, 0.15) is 41.7 Å². The highest BCUT2D eigenvalue weighted by Crippen LogP contribution is 2.56. The summed E-state index contributed by atoms with van der Waals surface area (Å²) in [4.78, 5) is 21.0. The predicted molar refractivity (Wildman–Crippen MR) is 124 cm³/mol. The molecule has 2 fully saturated rings. The average Bonchev–Trinajstić information content (AvgIpc) is 3.06. The Kier molecular flexibility index (Phi) is 4.62. The number of halogens is 1. The number of fused-ring (bicyclic) bond motifs is 3. The molecule has 0 N–H and O–H groups in total. The first kappa shape index (κ1) is 20.5. The number of ether oxygens (including phenoxy) is 1. The highest BCUT2D eigenvalue weighted by atomic mass is 35.5. The molecule has 1 aliphatic carbocycles. The molecule has 1 amide bonds. The minimum absolute atomic E-state index is 0.327. The molecule has 2 aliphatic heterocycles. The number of amides is 1. The van der Waals surface area contributed by atoms with E-state index in [1.165, 1.54) is 7.11 Å². The number of anilines is 1. The van der Waals surface area contributed by atoms with Gasteiger partial charge in [0.05, 0.1) is 25.9 Å². The monoisotopic (exact) mass is 464 g/mol. The van der Waals surface area contributed by atoms with E-state index >= 15 is 0 Å². The van der Waals surface area contributed by atoms with Crippen molar-refractivity contribution in [3.8, 4) is 5.69 Å². The lowest BCUT2D eigenvalue weighted by atomic mass is 9.57. The number of carbonyl (C=O) groups excluding carboxylic acids is 1. The molecule has 0 bridgehead atoms. The van der Waals surface area contributed by atoms with Crippen LogP contribution in [0.25, 0.3) is 5.69 Å². The fourth-order valence-corrected chi connectivity index (χ4v) is 5.80. The van der Waals surface area contributed by atoms with Gasteiger partial charge in [0, 0.05) is 35.1 Å². The summed E-state index contributed by atoms with van der Waals surface area (Å²) >= 11 is 6.29. The van der Waals surface area contributed by atoms with E-state index in [9.17, 15) is 4.79 Å². The van der Waals surface area contributed by atoms with Crippen molar-refractivity contribution in [1.82, 2.24) is 24.6 Å². The quantitative estimate of drug-likeness (QED) is 0.568. The van der Waals surface area contributed by atoms with Gasteiger partial charge in [0.25, 0.3) is 0 Å². The number of hydrogen-bond acceptors (Lipinski definition) is 6. The topological polar surface area (TPSA) is 76.4 Å². The van der Waals surface area contributed by atoms with Gasteiger partial charge in [-0.15, -0.1) is 10.2 Å². The van der Waals surface area contributed by atoms with E-state index in [4.69, 9.17) is 16.3 Å². The zero-order valence-corrected chi connectivity index (χ0v) is 19.4. The van der Waals surface area contributed by atoms with E-state index in [-0.39, 0.29) is 6.09 Å². The molecule has 0 radical (unpaired) electrons. The van der Waals surface area contributed by atoms with Crippen LogP contribution < -0.4 is 4.90 Å². The van der Waals surface area contributed by atoms with Crippen molar-refractivity contribution in [1.29, 1.82) is 0 Å². The normalized spacial score (nSPS) is 18.8. The molecule has 1 saturated carbocycles. The fourth-order valence-electron chi connectivity index (χ4n) is 5.61. The Hall–Kier alpha value is -3.13. The second-order valence-corrected chi connectivity index (χ2v) is 9.94. The van der Waals surface area contributed by atoms with Crippen LogP contribution >= 0.6 is 11.6 Å². The number of aromatic nitrogens is 4. The molecule has 1 saturated heterocycles. The first-order chi connectivity index (χ1) is 15.9. The molecule has 0 atom stereocenters. The summed E-state index contributed by atoms with van der Waals surface area (Å²) < 4.78 is 7.11. The molecule has 2 aromatic heterocycles. The van der Waals surface area contributed by atoms with Gasteiger partial charge in [-0.3, -0.25) is 9.47 Å². The zero-order chi connectivity index (χ0) is 22.7. The SMILES string of the molecule is COC(=O)N1Cc2cc(Cl)ccc2-n2c(nnc2C2CC3(C2)CN(c2cccc(C)n2)C3)C1. The van der Waals surface area contributed by atoms with Crippen LogP contribution in [0.2, 0.25) is 5.02 Å². The van der Waals surface area contributed by atoms with E-state index in [0.29, 0.717) is 29.4 Å². The summed E-state index contributed by atoms with van der Waals surface area (Å²) in [5.74, 6) is 3.12. The highest BCUT2D eigenvalue weighted by Gasteiger charge is 2.54. The maximum Gasteiger partial charge on any atom is 0.410 e. The van der Waals surface area contributed by atoms with Gasteiger partial charge in [-0.1, -0.05) is 17.7 Å². The Morgan fingerprint density at radius 3 is 2.73 bits per heavy atom. The molecule has 170 valence electrons. The average molecular weight is 465 g/mol. The number of nitrogens with zero attached hydrogens (tertiary/aromatic N) is 6. The van der Waals surface area contributed by atoms with Crippen LogP contribution in [0, 0.1) is 12.3 Å². The van der Waals surface area contributed by atoms with Crippen LogP contribution in [0.15, 0.2) is 36.4 Å². The van der Waals surface area contributed by atoms with Gasteiger partial charge in [0.15, 0.2) is 5.82 Å². The minimum Gasteiger partial charge on any atom is -0.453 e. The predicted octanol–water partition coefficient (Wildman–Crippen LogP) is 4.09. The van der Waals surface area contributed by atoms with E-state index in [1.807, 2.05) is 31.2 Å². The van der Waals surface area contributed by atoms with Crippen molar-refractivity contribution in [2.45, 2.75) is 38.8 Å². The number of benzene rings is 1. The number of carbonyl (C=O) groups is 1. The Balaban J connectivity index is 1.25. The Labute approximate surface area is 197 Å². The van der Waals surface area contributed by atoms with Gasteiger partial charge in [0.2, 0.25) is 0 Å². The molecule has 6 rings (SSSR count). The van der Waals surface area contributed by atoms with E-state index in [1.54, 1.807) is 4.90 Å². The largest absolute Gasteiger partial charge is 0.453 e. The van der Waals surface area contributed by atoms with Gasteiger partial charge < -0.3 is 9.64 Å². The van der Waals surface area contributed by atoms with Crippen LogP contribution in [0.5, 0.6) is 0 Å². The third kappa shape index (κ3) is 3.35. The molecule has 4 heterocycles. The van der Waals surface area contributed by atoms with Gasteiger partial charge in [0.1, 0.15) is 11.6 Å². The third-order valence-corrected chi connectivity index (χ3v) is 7.37. The number of hydrogen-bond donors (Lipinski definition) is 0. The molecular formula is C24H25ClN6O2. The summed E-state index contributed by atoms with van der Waals surface area (Å²) in [5, 5.41) is 9.71. The lowest BCUT2D eigenvalue weighted by Gasteiger charge is -2.59. The molecule has 1 spiro atoms. The zero-order valence-electron chi connectivity index (χ0n) is 18.7. The Morgan fingerprint density at radius 1 is 1.15 bits per heavy atom. The molecule has 33 heavy (non-hydrogen) atoms. The van der Waals surface area contributed by atoms with Crippen LogP contribution in [0.3, 0.4) is 0 Å². The highest BCUT2D eigenvalue weighted by molar-refractivity contribution is 6.30. The number of aryl methyl sites for hydroxylation is 1. The molecule has 8 nitrogen and oxygen atoms in total. The first-order valence-electron chi connectivity index (χ1n) is 11.2. The summed E-state index contributed by atoms with van der Waals surface area (Å²) in [5.41, 5.74) is 3.32. The summed E-state index contributed by atoms with van der Waals surface area (Å²) in [6.07, 6.45) is 1.77. The second-order valence-electron chi connectivity index (χ2n) is 9.51. The van der Waals surface area contributed by atoms with Crippen molar-refractivity contribution in [3.05, 3.63) is 64.3 Å². The summed E-state index contributed by atoms with van der Waals surface area (Å²) in [6, 6.07) is 12.0. The number of pyridine rings is 1. The number of rotatable bonds is 2. The molecule has 3 aliphatic rings. The Bertz CT molecular complexity index is 1240. The second kappa shape index (κ2) is 7.45. The Morgan fingerprint density at radius 2 is 1.97 bits per heavy atom. The molecular weight excluding hydrogens is 440 g/mol. The standard InChI is InChI=1S/C24H25ClN6O2/c1-15-4-3-5-20(26-15)30-13-24(14-30)9-17(10-24)22-28-27-21-12-29(23(32)33-2)11-16-8-18(25)6-7-19(16)31(21)22/h3-8,17H,9-14H2,1-2H3. The molecule has 3 aromatic rings. The number of methoxy groups -OCH3 is 1. The van der Waals surface area contributed by atoms with Crippen molar-refractivity contribution < 1.29 is 9.53 Å². The molecule has 9 heteroatoms. The smallest absolute Gasteiger partial charge is 0.410 e. The summed E-state index contributed by atoms with van der Waals surface area (Å²) in [6.45, 7) is 4.85. The van der Waals surface area contributed by atoms with Crippen LogP contribution in [-0.2, 0) is 17.8 Å². The fraction of sp³-hybridized carbons (Fsp3) is 0.417. The van der Waals surface area contributed by atoms with Crippen molar-refractivity contribution in [3.63, 3.8) is 0 Å². The first-order valence-corrected chi connectivity index (χ1v) is 11.6. The van der Waals surface area contributed by atoms with E-state index in [0.717, 1.165) is 60.3 Å². The van der Waals surface area contributed by atoms with Gasteiger partial charge >= 0.3 is 6.09 Å². The van der Waals surface area contributed by atoms with Crippen molar-refractivity contribution >= 4 is 23.5 Å². The van der Waals surface area contributed by atoms with Gasteiger partial charge in [-0.05, 0) is 55.7 Å². The third-order valence-electron chi connectivity index (χ3n) is 7.14. The lowest BCUT2D eigenvalue weighted by molar-refractivity contribution is 0.0581. The van der Waals surface area contributed by atoms with Crippen molar-refractivity contribution in [2.24, 2.45) is 5.41 Å². The maximum atomic E-state index is 12.3. The van der Waals surface area contributed by atoms with Crippen LogP contribution in [-0.4, -0.2) is 50.9 Å². The molecule has 0 unspecified atom stereocenters. The minimum atomic E-state index is -0.388. The lowest BCUT2D eigenvalue weighted by Crippen LogP contribution is -2.62. The van der Waals surface area contributed by atoms with Gasteiger partial charge in [-0.2, -0.15) is 0 Å². The maximum absolute atomic E-state index is 12.3. The van der Waals surface area contributed by atoms with Crippen LogP contribution in [0.4, 0.5) is 10.6 Å². The summed E-state index contributed by atoms with van der Waals surface area (Å²) in [7, 11) is 1.39. The van der Waals surface area contributed by atoms with Crippen molar-refractivity contribution in [2.75, 3.05) is 25.1 Å². The van der Waals surface area contributed by atoms with E-state index in [2.05, 4.69) is 36.8 Å². The molecule has 1 aromatic carbocycles. The van der Waals surface area contributed by atoms with E-state index < -0.39 is 0 Å². The van der Waals surface area contributed by atoms with Gasteiger partial charge in [-0.25, -0.2) is 9.78 Å².